The van der Waals surface area contributed by atoms with Gasteiger partial charge in [0.1, 0.15) is 5.41 Å². The molecule has 3 heterocycles. The Bertz CT molecular complexity index is 616. The molecule has 0 bridgehead atoms. The van der Waals surface area contributed by atoms with E-state index < -0.39 is 11.5 Å². The molecule has 1 saturated heterocycles. The average Bonchev–Trinajstić information content (AvgIpc) is 2.72. The molecule has 0 radical (unpaired) electrons. The maximum absolute atomic E-state index is 12.6. The molecule has 1 fully saturated rings. The Hall–Kier alpha value is -2.44. The van der Waals surface area contributed by atoms with Crippen LogP contribution in [0.3, 0.4) is 0 Å². The highest BCUT2D eigenvalue weighted by Gasteiger charge is 2.53. The first-order valence-electron chi connectivity index (χ1n) is 6.77. The van der Waals surface area contributed by atoms with E-state index in [4.69, 9.17) is 0 Å². The molecule has 21 heavy (non-hydrogen) atoms. The van der Waals surface area contributed by atoms with Gasteiger partial charge in [0.2, 0.25) is 0 Å². The number of piperidine rings is 1. The van der Waals surface area contributed by atoms with Gasteiger partial charge in [-0.1, -0.05) is 6.07 Å². The molecule has 1 N–H and O–H groups in total. The summed E-state index contributed by atoms with van der Waals surface area (Å²) >= 11 is 0. The normalized spacial score (nSPS) is 24.8. The van der Waals surface area contributed by atoms with E-state index in [9.17, 15) is 14.7 Å². The number of aromatic nitrogens is 1. The van der Waals surface area contributed by atoms with Gasteiger partial charge >= 0.3 is 6.09 Å². The van der Waals surface area contributed by atoms with Crippen molar-refractivity contribution in [2.45, 2.75) is 12.8 Å². The lowest BCUT2D eigenvalue weighted by molar-refractivity contribution is -0.135. The van der Waals surface area contributed by atoms with Gasteiger partial charge in [-0.3, -0.25) is 9.78 Å². The molecule has 110 valence electrons. The van der Waals surface area contributed by atoms with Gasteiger partial charge in [0.05, 0.1) is 5.71 Å². The number of likely N-dealkylation sites (tertiary alicyclic amines) is 1. The second kappa shape index (κ2) is 4.83. The summed E-state index contributed by atoms with van der Waals surface area (Å²) in [5.74, 6) is -0.158. The summed E-state index contributed by atoms with van der Waals surface area (Å²) in [6, 6.07) is 5.51. The molecule has 1 aromatic rings. The zero-order valence-electron chi connectivity index (χ0n) is 11.7. The van der Waals surface area contributed by atoms with Crippen molar-refractivity contribution in [2.24, 2.45) is 10.5 Å². The zero-order valence-corrected chi connectivity index (χ0v) is 11.7. The lowest BCUT2D eigenvalue weighted by Gasteiger charge is -2.37. The van der Waals surface area contributed by atoms with Gasteiger partial charge in [0.15, 0.2) is 0 Å². The fourth-order valence-corrected chi connectivity index (χ4v) is 3.06. The molecule has 0 saturated carbocycles. The molecule has 1 aromatic heterocycles. The third-order valence-corrected chi connectivity index (χ3v) is 4.09. The monoisotopic (exact) mass is 288 g/mol. The quantitative estimate of drug-likeness (QED) is 0.873. The number of fused-ring (bicyclic) bond motifs is 1. The fourth-order valence-electron chi connectivity index (χ4n) is 3.06. The highest BCUT2D eigenvalue weighted by atomic mass is 16.4. The maximum Gasteiger partial charge on any atom is 0.407 e. The molecule has 2 aliphatic rings. The molecule has 7 heteroatoms. The Morgan fingerprint density at radius 1 is 1.48 bits per heavy atom. The second-order valence-electron chi connectivity index (χ2n) is 5.41. The van der Waals surface area contributed by atoms with Crippen molar-refractivity contribution >= 4 is 17.7 Å². The number of carbonyl (C=O) groups excluding carboxylic acids is 1. The predicted octanol–water partition coefficient (Wildman–Crippen LogP) is 0.822. The lowest BCUT2D eigenvalue weighted by atomic mass is 9.74. The molecule has 2 amide bonds. The summed E-state index contributed by atoms with van der Waals surface area (Å²) in [6.07, 6.45) is 1.52. The summed E-state index contributed by atoms with van der Waals surface area (Å²) in [6.45, 7) is 0.514. The van der Waals surface area contributed by atoms with Crippen LogP contribution in [-0.2, 0) is 11.2 Å². The average molecular weight is 288 g/mol. The van der Waals surface area contributed by atoms with E-state index in [1.165, 1.54) is 9.91 Å². The van der Waals surface area contributed by atoms with Crippen molar-refractivity contribution in [1.82, 2.24) is 14.9 Å². The topological polar surface area (TPSA) is 86.1 Å². The zero-order chi connectivity index (χ0) is 15.0. The van der Waals surface area contributed by atoms with Crippen molar-refractivity contribution in [3.05, 3.63) is 30.1 Å². The van der Waals surface area contributed by atoms with Gasteiger partial charge in [-0.2, -0.15) is 5.10 Å². The summed E-state index contributed by atoms with van der Waals surface area (Å²) in [5, 5.41) is 14.9. The van der Waals surface area contributed by atoms with Crippen molar-refractivity contribution in [3.8, 4) is 0 Å². The van der Waals surface area contributed by atoms with Crippen molar-refractivity contribution in [3.63, 3.8) is 0 Å². The Kier molecular flexibility index (Phi) is 3.12. The van der Waals surface area contributed by atoms with Crippen LogP contribution in [0.25, 0.3) is 0 Å². The van der Waals surface area contributed by atoms with Crippen LogP contribution in [0.2, 0.25) is 0 Å². The summed E-state index contributed by atoms with van der Waals surface area (Å²) < 4.78 is 0. The number of carboxylic acid groups (broad SMARTS) is 1. The van der Waals surface area contributed by atoms with Gasteiger partial charge in [-0.05, 0) is 12.1 Å². The SMILES string of the molecule is CN1N=C2CCN(C(=O)O)CC2(Cc2ccccn2)C1=O. The maximum atomic E-state index is 12.6. The van der Waals surface area contributed by atoms with Gasteiger partial charge in [0.25, 0.3) is 5.91 Å². The van der Waals surface area contributed by atoms with E-state index in [0.717, 1.165) is 11.4 Å². The highest BCUT2D eigenvalue weighted by molar-refractivity contribution is 6.13. The minimum atomic E-state index is -1.00. The van der Waals surface area contributed by atoms with E-state index >= 15 is 0 Å². The predicted molar refractivity (Wildman–Crippen MR) is 74.8 cm³/mol. The number of hydrazone groups is 1. The van der Waals surface area contributed by atoms with E-state index in [0.29, 0.717) is 19.4 Å². The Balaban J connectivity index is 1.98. The second-order valence-corrected chi connectivity index (χ2v) is 5.41. The molecule has 7 nitrogen and oxygen atoms in total. The fraction of sp³-hybridized carbons (Fsp3) is 0.429. The Morgan fingerprint density at radius 3 is 2.95 bits per heavy atom. The number of hydrogen-bond acceptors (Lipinski definition) is 4. The molecule has 0 aromatic carbocycles. The Labute approximate surface area is 121 Å². The third-order valence-electron chi connectivity index (χ3n) is 4.09. The van der Waals surface area contributed by atoms with Crippen LogP contribution in [0.5, 0.6) is 0 Å². The largest absolute Gasteiger partial charge is 0.465 e. The van der Waals surface area contributed by atoms with Crippen LogP contribution in [0.1, 0.15) is 12.1 Å². The first-order chi connectivity index (χ1) is 10.0. The first-order valence-corrected chi connectivity index (χ1v) is 6.77. The molecule has 0 aliphatic carbocycles. The standard InChI is InChI=1S/C14H16N4O3/c1-17-12(19)14(8-10-4-2-3-6-15-10)9-18(13(20)21)7-5-11(14)16-17/h2-4,6H,5,7-9H2,1H3,(H,20,21). The highest BCUT2D eigenvalue weighted by Crippen LogP contribution is 2.37. The molecular formula is C14H16N4O3. The van der Waals surface area contributed by atoms with Gasteiger partial charge in [-0.15, -0.1) is 0 Å². The third kappa shape index (κ3) is 2.14. The number of hydrogen-bond donors (Lipinski definition) is 1. The number of carbonyl (C=O) groups is 2. The molecule has 2 aliphatic heterocycles. The number of pyridine rings is 1. The molecular weight excluding hydrogens is 272 g/mol. The van der Waals surface area contributed by atoms with Crippen LogP contribution < -0.4 is 0 Å². The van der Waals surface area contributed by atoms with Crippen LogP contribution in [0.15, 0.2) is 29.5 Å². The minimum absolute atomic E-state index is 0.140. The minimum Gasteiger partial charge on any atom is -0.465 e. The van der Waals surface area contributed by atoms with E-state index in [-0.39, 0.29) is 12.5 Å². The van der Waals surface area contributed by atoms with E-state index in [1.54, 1.807) is 13.2 Å². The van der Waals surface area contributed by atoms with Gasteiger partial charge < -0.3 is 10.0 Å². The number of rotatable bonds is 2. The van der Waals surface area contributed by atoms with Crippen molar-refractivity contribution in [1.29, 1.82) is 0 Å². The van der Waals surface area contributed by atoms with Crippen LogP contribution in [-0.4, -0.2) is 57.8 Å². The lowest BCUT2D eigenvalue weighted by Crippen LogP contribution is -2.55. The first kappa shape index (κ1) is 13.5. The van der Waals surface area contributed by atoms with Crippen LogP contribution in [0.4, 0.5) is 4.79 Å². The van der Waals surface area contributed by atoms with Crippen LogP contribution >= 0.6 is 0 Å². The van der Waals surface area contributed by atoms with Crippen molar-refractivity contribution < 1.29 is 14.7 Å². The molecule has 0 spiro atoms. The van der Waals surface area contributed by atoms with Crippen LogP contribution in [0, 0.1) is 5.41 Å². The molecule has 3 rings (SSSR count). The van der Waals surface area contributed by atoms with Gasteiger partial charge in [-0.25, -0.2) is 9.80 Å². The number of nitrogens with zero attached hydrogens (tertiary/aromatic N) is 4. The summed E-state index contributed by atoms with van der Waals surface area (Å²) in [4.78, 5) is 29.4. The number of amides is 2. The van der Waals surface area contributed by atoms with E-state index in [2.05, 4.69) is 10.1 Å². The Morgan fingerprint density at radius 2 is 2.29 bits per heavy atom. The van der Waals surface area contributed by atoms with Gasteiger partial charge in [0, 0.05) is 44.9 Å². The van der Waals surface area contributed by atoms with Crippen molar-refractivity contribution in [2.75, 3.05) is 20.1 Å². The summed E-state index contributed by atoms with van der Waals surface area (Å²) in [5.41, 5.74) is 0.624. The smallest absolute Gasteiger partial charge is 0.407 e. The summed E-state index contributed by atoms with van der Waals surface area (Å²) in [7, 11) is 1.61. The molecule has 1 unspecified atom stereocenters. The molecule has 1 atom stereocenters. The van der Waals surface area contributed by atoms with E-state index in [1.807, 2.05) is 18.2 Å².